The fraction of sp³-hybridized carbons (Fsp3) is 0.171. The van der Waals surface area contributed by atoms with E-state index in [0.717, 1.165) is 16.8 Å². The number of ether oxygens (including phenoxy) is 2. The van der Waals surface area contributed by atoms with Gasteiger partial charge < -0.3 is 19.7 Å². The Morgan fingerprint density at radius 2 is 1.67 bits per heavy atom. The number of carbonyl (C=O) groups is 3. The van der Waals surface area contributed by atoms with Crippen LogP contribution in [0, 0.1) is 12.8 Å². The minimum atomic E-state index is -1.39. The summed E-state index contributed by atoms with van der Waals surface area (Å²) in [5.41, 5.74) is 3.46. The summed E-state index contributed by atoms with van der Waals surface area (Å²) in [6.07, 6.45) is 3.97. The third-order valence-electron chi connectivity index (χ3n) is 9.13. The van der Waals surface area contributed by atoms with Gasteiger partial charge in [-0.25, -0.2) is 0 Å². The number of hydrogen-bond donors (Lipinski definition) is 1. The molecule has 1 fully saturated rings. The maximum absolute atomic E-state index is 15.0. The molecule has 0 bridgehead atoms. The van der Waals surface area contributed by atoms with Gasteiger partial charge in [0, 0.05) is 27.5 Å². The molecule has 1 saturated heterocycles. The van der Waals surface area contributed by atoms with E-state index in [2.05, 4.69) is 5.32 Å². The van der Waals surface area contributed by atoms with Crippen molar-refractivity contribution in [2.45, 2.75) is 24.4 Å². The maximum Gasteiger partial charge on any atom is 0.238 e. The number of carbonyl (C=O) groups excluding carboxylic acids is 3. The fourth-order valence-electron chi connectivity index (χ4n) is 7.31. The first-order chi connectivity index (χ1) is 20.9. The lowest BCUT2D eigenvalue weighted by Crippen LogP contribution is -2.51. The quantitative estimate of drug-likeness (QED) is 0.284. The van der Waals surface area contributed by atoms with Gasteiger partial charge in [0.25, 0.3) is 0 Å². The van der Waals surface area contributed by atoms with Gasteiger partial charge in [-0.3, -0.25) is 14.4 Å². The van der Waals surface area contributed by atoms with Crippen molar-refractivity contribution in [3.8, 4) is 11.5 Å². The van der Waals surface area contributed by atoms with Crippen molar-refractivity contribution in [2.24, 2.45) is 5.92 Å². The molecule has 7 nitrogen and oxygen atoms in total. The third kappa shape index (κ3) is 3.58. The van der Waals surface area contributed by atoms with Gasteiger partial charge in [-0.05, 0) is 78.7 Å². The van der Waals surface area contributed by atoms with Gasteiger partial charge in [0.15, 0.2) is 23.1 Å². The van der Waals surface area contributed by atoms with Crippen LogP contribution in [0.3, 0.4) is 0 Å². The summed E-state index contributed by atoms with van der Waals surface area (Å²) in [6.45, 7) is 2.07. The SMILES string of the molecule is Cc1ccc2c(c1)C=C[C@@H]1N2[C@H](C(=O)c2ccc(Cl)cc2)[C@H](C(=O)c2ccc3c(c2)OCO3)[C@]12C(=O)Nc1ccccc12. The molecule has 4 aromatic carbocycles. The van der Waals surface area contributed by atoms with Crippen molar-refractivity contribution in [2.75, 3.05) is 17.0 Å². The van der Waals surface area contributed by atoms with Crippen LogP contribution in [0.1, 0.15) is 37.4 Å². The van der Waals surface area contributed by atoms with Gasteiger partial charge in [0.2, 0.25) is 12.7 Å². The number of nitrogens with one attached hydrogen (secondary N) is 1. The number of halogens is 1. The van der Waals surface area contributed by atoms with Gasteiger partial charge >= 0.3 is 0 Å². The van der Waals surface area contributed by atoms with Crippen molar-refractivity contribution in [3.05, 3.63) is 124 Å². The van der Waals surface area contributed by atoms with E-state index in [1.165, 1.54) is 0 Å². The summed E-state index contributed by atoms with van der Waals surface area (Å²) in [5.74, 6) is -0.991. The van der Waals surface area contributed by atoms with Crippen LogP contribution in [0.25, 0.3) is 6.08 Å². The summed E-state index contributed by atoms with van der Waals surface area (Å²) in [7, 11) is 0. The van der Waals surface area contributed by atoms with E-state index in [1.807, 2.05) is 66.4 Å². The fourth-order valence-corrected chi connectivity index (χ4v) is 7.44. The maximum atomic E-state index is 15.0. The number of aryl methyl sites for hydroxylation is 1. The van der Waals surface area contributed by atoms with Crippen LogP contribution in [0.2, 0.25) is 5.02 Å². The molecule has 0 saturated carbocycles. The van der Waals surface area contributed by atoms with Crippen molar-refractivity contribution in [3.63, 3.8) is 0 Å². The van der Waals surface area contributed by atoms with E-state index in [-0.39, 0.29) is 24.3 Å². The first-order valence-electron chi connectivity index (χ1n) is 14.1. The number of fused-ring (bicyclic) bond motifs is 7. The second-order valence-corrected chi connectivity index (χ2v) is 11.8. The molecule has 8 heteroatoms. The molecule has 1 N–H and O–H groups in total. The molecule has 4 aliphatic heterocycles. The molecule has 0 radical (unpaired) electrons. The van der Waals surface area contributed by atoms with E-state index in [0.29, 0.717) is 38.9 Å². The van der Waals surface area contributed by atoms with Gasteiger partial charge in [-0.1, -0.05) is 53.6 Å². The van der Waals surface area contributed by atoms with Crippen molar-refractivity contribution in [1.29, 1.82) is 0 Å². The topological polar surface area (TPSA) is 84.9 Å². The number of Topliss-reactive ketones (excluding diaryl/α,β-unsaturated/α-hetero) is 2. The third-order valence-corrected chi connectivity index (χ3v) is 9.38. The number of hydrogen-bond acceptors (Lipinski definition) is 6. The molecular weight excluding hydrogens is 564 g/mol. The number of para-hydroxylation sites is 1. The Bertz CT molecular complexity index is 1900. The van der Waals surface area contributed by atoms with Crippen LogP contribution in [0.5, 0.6) is 11.5 Å². The summed E-state index contributed by atoms with van der Waals surface area (Å²) in [5, 5.41) is 3.55. The van der Waals surface area contributed by atoms with Crippen molar-refractivity contribution in [1.82, 2.24) is 0 Å². The molecule has 8 rings (SSSR count). The highest BCUT2D eigenvalue weighted by Gasteiger charge is 2.70. The molecule has 1 spiro atoms. The molecule has 4 heterocycles. The predicted molar refractivity (Wildman–Crippen MR) is 163 cm³/mol. The van der Waals surface area contributed by atoms with E-state index >= 15 is 0 Å². The monoisotopic (exact) mass is 588 g/mol. The lowest BCUT2D eigenvalue weighted by Gasteiger charge is -2.37. The van der Waals surface area contributed by atoms with Gasteiger partial charge in [-0.15, -0.1) is 0 Å². The largest absolute Gasteiger partial charge is 0.454 e. The minimum Gasteiger partial charge on any atom is -0.454 e. The zero-order valence-electron chi connectivity index (χ0n) is 23.0. The number of ketones is 2. The highest BCUT2D eigenvalue weighted by Crippen LogP contribution is 2.58. The van der Waals surface area contributed by atoms with Crippen LogP contribution < -0.4 is 19.7 Å². The molecule has 43 heavy (non-hydrogen) atoms. The molecule has 1 amide bonds. The summed E-state index contributed by atoms with van der Waals surface area (Å²) < 4.78 is 11.1. The second-order valence-electron chi connectivity index (χ2n) is 11.4. The summed E-state index contributed by atoms with van der Waals surface area (Å²) >= 11 is 6.19. The van der Waals surface area contributed by atoms with Gasteiger partial charge in [0.05, 0.1) is 12.0 Å². The van der Waals surface area contributed by atoms with Crippen LogP contribution >= 0.6 is 11.6 Å². The average molecular weight is 589 g/mol. The number of nitrogens with zero attached hydrogens (tertiary/aromatic N) is 1. The smallest absolute Gasteiger partial charge is 0.238 e. The molecule has 4 aliphatic rings. The molecule has 0 aliphatic carbocycles. The highest BCUT2D eigenvalue weighted by molar-refractivity contribution is 6.30. The van der Waals surface area contributed by atoms with E-state index in [1.54, 1.807) is 42.5 Å². The van der Waals surface area contributed by atoms with Crippen LogP contribution in [-0.4, -0.2) is 36.4 Å². The number of benzene rings is 4. The van der Waals surface area contributed by atoms with E-state index < -0.39 is 23.4 Å². The number of anilines is 2. The Kier molecular flexibility index (Phi) is 5.59. The Morgan fingerprint density at radius 1 is 0.907 bits per heavy atom. The Morgan fingerprint density at radius 3 is 2.51 bits per heavy atom. The van der Waals surface area contributed by atoms with Crippen molar-refractivity contribution < 1.29 is 23.9 Å². The molecule has 212 valence electrons. The molecule has 0 unspecified atom stereocenters. The lowest BCUT2D eigenvalue weighted by atomic mass is 9.64. The van der Waals surface area contributed by atoms with Gasteiger partial charge in [0.1, 0.15) is 11.5 Å². The Labute approximate surface area is 252 Å². The molecule has 0 aromatic heterocycles. The van der Waals surface area contributed by atoms with Crippen LogP contribution in [0.15, 0.2) is 91.0 Å². The molecule has 4 aromatic rings. The highest BCUT2D eigenvalue weighted by atomic mass is 35.5. The number of rotatable bonds is 4. The van der Waals surface area contributed by atoms with Crippen LogP contribution in [-0.2, 0) is 10.2 Å². The Hall–Kier alpha value is -4.88. The van der Waals surface area contributed by atoms with E-state index in [9.17, 15) is 14.4 Å². The lowest BCUT2D eigenvalue weighted by molar-refractivity contribution is -0.121. The summed E-state index contributed by atoms with van der Waals surface area (Å²) in [6, 6.07) is 23.5. The zero-order valence-corrected chi connectivity index (χ0v) is 23.8. The Balaban J connectivity index is 1.41. The zero-order chi connectivity index (χ0) is 29.5. The first kappa shape index (κ1) is 25.8. The summed E-state index contributed by atoms with van der Waals surface area (Å²) in [4.78, 5) is 46.2. The van der Waals surface area contributed by atoms with Crippen LogP contribution in [0.4, 0.5) is 11.4 Å². The van der Waals surface area contributed by atoms with Crippen molar-refractivity contribution >= 4 is 46.5 Å². The molecular formula is C35H25ClN2O5. The standard InChI is InChI=1S/C35H25ClN2O5/c1-19-6-13-26-21(16-19)10-15-29-35(24-4-2-3-5-25(24)37-34(35)41)30(32(39)22-9-14-27-28(17-22)43-18-42-27)31(38(26)29)33(40)20-7-11-23(36)12-8-20/h2-17,29-31H,18H2,1H3,(H,37,41)/t29-,30+,31-,35+/m0/s1. The first-order valence-corrected chi connectivity index (χ1v) is 14.5. The molecule has 4 atom stereocenters. The average Bonchev–Trinajstić information content (AvgIpc) is 3.69. The predicted octanol–water partition coefficient (Wildman–Crippen LogP) is 6.23. The second kappa shape index (κ2) is 9.31. The van der Waals surface area contributed by atoms with E-state index in [4.69, 9.17) is 21.1 Å². The van der Waals surface area contributed by atoms with Gasteiger partial charge in [-0.2, -0.15) is 0 Å². The number of amides is 1. The normalized spacial score (nSPS) is 24.0. The minimum absolute atomic E-state index is 0.0602.